The van der Waals surface area contributed by atoms with Crippen molar-refractivity contribution in [1.29, 1.82) is 0 Å². The van der Waals surface area contributed by atoms with Crippen molar-refractivity contribution >= 4 is 44.2 Å². The Morgan fingerprint density at radius 1 is 1.27 bits per heavy atom. The molecule has 2 heterocycles. The van der Waals surface area contributed by atoms with Crippen LogP contribution in [0, 0.1) is 0 Å². The lowest BCUT2D eigenvalue weighted by atomic mass is 10.3. The number of imidazole rings is 1. The number of hydrogen-bond acceptors (Lipinski definition) is 2. The lowest BCUT2D eigenvalue weighted by Crippen LogP contribution is -1.87. The summed E-state index contributed by atoms with van der Waals surface area (Å²) in [6, 6.07) is 5.89. The average Bonchev–Trinajstić information content (AvgIpc) is 2.57. The normalized spacial score (nSPS) is 11.3. The zero-order valence-electron chi connectivity index (χ0n) is 7.48. The summed E-state index contributed by atoms with van der Waals surface area (Å²) < 4.78 is 2.87. The number of benzene rings is 1. The van der Waals surface area contributed by atoms with Crippen LogP contribution in [0.15, 0.2) is 35.1 Å². The third-order valence-corrected chi connectivity index (χ3v) is 2.99. The molecule has 0 atom stereocenters. The topological polar surface area (TPSA) is 30.2 Å². The van der Waals surface area contributed by atoms with E-state index in [1.54, 1.807) is 12.4 Å². The van der Waals surface area contributed by atoms with Crippen LogP contribution in [0.3, 0.4) is 0 Å². The van der Waals surface area contributed by atoms with Gasteiger partial charge >= 0.3 is 0 Å². The van der Waals surface area contributed by atoms with Gasteiger partial charge in [0.25, 0.3) is 0 Å². The van der Waals surface area contributed by atoms with Gasteiger partial charge in [-0.1, -0.05) is 27.5 Å². The molecular formula is C10H5BrClN3. The third kappa shape index (κ3) is 1.33. The molecule has 2 aromatic heterocycles. The van der Waals surface area contributed by atoms with Crippen molar-refractivity contribution in [1.82, 2.24) is 14.4 Å². The molecule has 74 valence electrons. The van der Waals surface area contributed by atoms with Crippen molar-refractivity contribution in [3.8, 4) is 0 Å². The lowest BCUT2D eigenvalue weighted by molar-refractivity contribution is 1.15. The fourth-order valence-corrected chi connectivity index (χ4v) is 2.18. The molecule has 3 rings (SSSR count). The molecule has 0 aliphatic heterocycles. The molecule has 3 aromatic rings. The second-order valence-corrected chi connectivity index (χ2v) is 4.47. The molecule has 5 heteroatoms. The molecule has 0 bridgehead atoms. The first kappa shape index (κ1) is 9.12. The summed E-state index contributed by atoms with van der Waals surface area (Å²) in [6.45, 7) is 0. The summed E-state index contributed by atoms with van der Waals surface area (Å²) in [7, 11) is 0. The Morgan fingerprint density at radius 3 is 3.00 bits per heavy atom. The van der Waals surface area contributed by atoms with Crippen molar-refractivity contribution < 1.29 is 0 Å². The van der Waals surface area contributed by atoms with Crippen molar-refractivity contribution in [2.24, 2.45) is 0 Å². The van der Waals surface area contributed by atoms with Crippen LogP contribution in [0.4, 0.5) is 0 Å². The maximum atomic E-state index is 6.07. The highest BCUT2D eigenvalue weighted by molar-refractivity contribution is 9.10. The molecule has 3 nitrogen and oxygen atoms in total. The standard InChI is InChI=1S/C10H5BrClN3/c11-6-1-2-7-8(3-6)15-9(12)4-13-5-10(15)14-7/h1-5H. The van der Waals surface area contributed by atoms with E-state index in [0.717, 1.165) is 21.2 Å². The Labute approximate surface area is 98.8 Å². The molecule has 0 fully saturated rings. The van der Waals surface area contributed by atoms with E-state index in [1.165, 1.54) is 0 Å². The molecule has 15 heavy (non-hydrogen) atoms. The summed E-state index contributed by atoms with van der Waals surface area (Å²) in [5.41, 5.74) is 2.65. The second kappa shape index (κ2) is 3.18. The van der Waals surface area contributed by atoms with Crippen molar-refractivity contribution in [2.75, 3.05) is 0 Å². The smallest absolute Gasteiger partial charge is 0.157 e. The van der Waals surface area contributed by atoms with Crippen molar-refractivity contribution in [2.45, 2.75) is 0 Å². The zero-order valence-corrected chi connectivity index (χ0v) is 9.83. The monoisotopic (exact) mass is 281 g/mol. The molecule has 0 N–H and O–H groups in total. The summed E-state index contributed by atoms with van der Waals surface area (Å²) >= 11 is 9.50. The summed E-state index contributed by atoms with van der Waals surface area (Å²) in [5.74, 6) is 0. The quantitative estimate of drug-likeness (QED) is 0.633. The number of fused-ring (bicyclic) bond motifs is 3. The molecule has 0 unspecified atom stereocenters. The SMILES string of the molecule is Clc1cncc2nc3ccc(Br)cc3n12. The van der Waals surface area contributed by atoms with Gasteiger partial charge in [-0.25, -0.2) is 4.98 Å². The maximum Gasteiger partial charge on any atom is 0.157 e. The molecule has 1 aromatic carbocycles. The van der Waals surface area contributed by atoms with Gasteiger partial charge in [-0.15, -0.1) is 0 Å². The highest BCUT2D eigenvalue weighted by atomic mass is 79.9. The highest BCUT2D eigenvalue weighted by Gasteiger charge is 2.07. The van der Waals surface area contributed by atoms with Gasteiger partial charge in [-0.2, -0.15) is 0 Å². The van der Waals surface area contributed by atoms with E-state index in [0.29, 0.717) is 5.15 Å². The van der Waals surface area contributed by atoms with Gasteiger partial charge in [-0.05, 0) is 18.2 Å². The second-order valence-electron chi connectivity index (χ2n) is 3.17. The van der Waals surface area contributed by atoms with E-state index in [2.05, 4.69) is 25.9 Å². The van der Waals surface area contributed by atoms with Gasteiger partial charge in [0.2, 0.25) is 0 Å². The zero-order chi connectivity index (χ0) is 10.4. The van der Waals surface area contributed by atoms with Gasteiger partial charge in [0.1, 0.15) is 5.15 Å². The van der Waals surface area contributed by atoms with Gasteiger partial charge in [0.05, 0.1) is 23.4 Å². The third-order valence-electron chi connectivity index (χ3n) is 2.23. The molecule has 0 saturated heterocycles. The minimum atomic E-state index is 0.563. The Morgan fingerprint density at radius 2 is 2.13 bits per heavy atom. The van der Waals surface area contributed by atoms with Crippen LogP contribution in [-0.2, 0) is 0 Å². The first-order valence-corrected chi connectivity index (χ1v) is 5.50. The maximum absolute atomic E-state index is 6.07. The fourth-order valence-electron chi connectivity index (χ4n) is 1.60. The summed E-state index contributed by atoms with van der Waals surface area (Å²) in [6.07, 6.45) is 3.30. The molecule has 0 radical (unpaired) electrons. The van der Waals surface area contributed by atoms with E-state index >= 15 is 0 Å². The van der Waals surface area contributed by atoms with Crippen molar-refractivity contribution in [3.05, 3.63) is 40.2 Å². The summed E-state index contributed by atoms with van der Waals surface area (Å²) in [4.78, 5) is 8.42. The van der Waals surface area contributed by atoms with Gasteiger partial charge in [-0.3, -0.25) is 9.38 Å². The number of hydrogen-bond donors (Lipinski definition) is 0. The van der Waals surface area contributed by atoms with Crippen LogP contribution in [-0.4, -0.2) is 14.4 Å². The molecule has 0 aliphatic carbocycles. The van der Waals surface area contributed by atoms with Crippen LogP contribution in [0.1, 0.15) is 0 Å². The summed E-state index contributed by atoms with van der Waals surface area (Å²) in [5, 5.41) is 0.563. The first-order chi connectivity index (χ1) is 7.25. The van der Waals surface area contributed by atoms with E-state index in [-0.39, 0.29) is 0 Å². The number of halogens is 2. The van der Waals surface area contributed by atoms with E-state index in [4.69, 9.17) is 11.6 Å². The van der Waals surface area contributed by atoms with Gasteiger partial charge in [0.15, 0.2) is 5.65 Å². The fraction of sp³-hybridized carbons (Fsp3) is 0. The molecular weight excluding hydrogens is 277 g/mol. The predicted molar refractivity (Wildman–Crippen MR) is 63.2 cm³/mol. The Kier molecular flexibility index (Phi) is 1.94. The highest BCUT2D eigenvalue weighted by Crippen LogP contribution is 2.23. The minimum absolute atomic E-state index is 0.563. The van der Waals surface area contributed by atoms with E-state index in [1.807, 2.05) is 22.6 Å². The van der Waals surface area contributed by atoms with Gasteiger partial charge < -0.3 is 0 Å². The van der Waals surface area contributed by atoms with Crippen LogP contribution >= 0.6 is 27.5 Å². The molecule has 0 spiro atoms. The van der Waals surface area contributed by atoms with Crippen LogP contribution in [0.2, 0.25) is 5.15 Å². The Hall–Kier alpha value is -1.13. The molecule has 0 amide bonds. The molecule has 0 aliphatic rings. The first-order valence-electron chi connectivity index (χ1n) is 4.33. The minimum Gasteiger partial charge on any atom is -0.280 e. The number of aromatic nitrogens is 3. The van der Waals surface area contributed by atoms with Crippen molar-refractivity contribution in [3.63, 3.8) is 0 Å². The van der Waals surface area contributed by atoms with Gasteiger partial charge in [0, 0.05) is 4.47 Å². The lowest BCUT2D eigenvalue weighted by Gasteiger charge is -1.97. The number of rotatable bonds is 0. The van der Waals surface area contributed by atoms with Crippen LogP contribution < -0.4 is 0 Å². The average molecular weight is 283 g/mol. The number of nitrogens with zero attached hydrogens (tertiary/aromatic N) is 3. The van der Waals surface area contributed by atoms with Crippen LogP contribution in [0.5, 0.6) is 0 Å². The largest absolute Gasteiger partial charge is 0.280 e. The van der Waals surface area contributed by atoms with E-state index < -0.39 is 0 Å². The van der Waals surface area contributed by atoms with E-state index in [9.17, 15) is 0 Å². The Bertz CT molecular complexity index is 662. The molecule has 0 saturated carbocycles. The Balaban J connectivity index is 2.61. The predicted octanol–water partition coefficient (Wildman–Crippen LogP) is 3.30. The van der Waals surface area contributed by atoms with Crippen LogP contribution in [0.25, 0.3) is 16.7 Å².